The fourth-order valence-corrected chi connectivity index (χ4v) is 1.35. The number of hydrogen-bond donors (Lipinski definition) is 0. The van der Waals surface area contributed by atoms with Gasteiger partial charge in [0.15, 0.2) is 0 Å². The highest BCUT2D eigenvalue weighted by Gasteiger charge is 1.99. The summed E-state index contributed by atoms with van der Waals surface area (Å²) in [4.78, 5) is 3.97. The Hall–Kier alpha value is -2.08. The van der Waals surface area contributed by atoms with Crippen molar-refractivity contribution >= 4 is 0 Å². The van der Waals surface area contributed by atoms with Gasteiger partial charge in [-0.05, 0) is 30.7 Å². The SMILES string of the molecule is Cc1cc(-n2ccnc2)ccc1C#N. The third kappa shape index (κ3) is 1.38. The molecule has 2 aromatic rings. The number of nitriles is 1. The van der Waals surface area contributed by atoms with Crippen molar-refractivity contribution < 1.29 is 0 Å². The van der Waals surface area contributed by atoms with Gasteiger partial charge in [-0.1, -0.05) is 0 Å². The largest absolute Gasteiger partial charge is 0.306 e. The number of rotatable bonds is 1. The maximum absolute atomic E-state index is 8.77. The minimum Gasteiger partial charge on any atom is -0.306 e. The first-order valence-electron chi connectivity index (χ1n) is 4.30. The van der Waals surface area contributed by atoms with Gasteiger partial charge in [-0.3, -0.25) is 0 Å². The normalized spacial score (nSPS) is 9.71. The zero-order valence-electron chi connectivity index (χ0n) is 7.81. The average Bonchev–Trinajstić information content (AvgIpc) is 2.70. The van der Waals surface area contributed by atoms with Gasteiger partial charge in [-0.25, -0.2) is 4.98 Å². The number of benzene rings is 1. The molecule has 1 aromatic heterocycles. The summed E-state index contributed by atoms with van der Waals surface area (Å²) in [5.74, 6) is 0. The van der Waals surface area contributed by atoms with E-state index < -0.39 is 0 Å². The van der Waals surface area contributed by atoms with Gasteiger partial charge >= 0.3 is 0 Å². The van der Waals surface area contributed by atoms with Crippen molar-refractivity contribution in [3.8, 4) is 11.8 Å². The van der Waals surface area contributed by atoms with Crippen molar-refractivity contribution in [2.24, 2.45) is 0 Å². The van der Waals surface area contributed by atoms with Gasteiger partial charge in [0.05, 0.1) is 18.0 Å². The molecule has 2 rings (SSSR count). The minimum absolute atomic E-state index is 0.717. The molecule has 68 valence electrons. The van der Waals surface area contributed by atoms with Gasteiger partial charge in [0.2, 0.25) is 0 Å². The van der Waals surface area contributed by atoms with Crippen LogP contribution in [0.3, 0.4) is 0 Å². The van der Waals surface area contributed by atoms with Crippen LogP contribution in [0.1, 0.15) is 11.1 Å². The second-order valence-electron chi connectivity index (χ2n) is 3.08. The zero-order valence-corrected chi connectivity index (χ0v) is 7.81. The molecule has 0 spiro atoms. The molecule has 0 aliphatic rings. The Balaban J connectivity index is 2.49. The van der Waals surface area contributed by atoms with Crippen LogP contribution in [0.4, 0.5) is 0 Å². The maximum atomic E-state index is 8.77. The summed E-state index contributed by atoms with van der Waals surface area (Å²) < 4.78 is 1.91. The summed E-state index contributed by atoms with van der Waals surface area (Å²) in [7, 11) is 0. The van der Waals surface area contributed by atoms with E-state index in [9.17, 15) is 0 Å². The molecule has 0 aliphatic carbocycles. The number of hydrogen-bond acceptors (Lipinski definition) is 2. The third-order valence-corrected chi connectivity index (χ3v) is 2.13. The Kier molecular flexibility index (Phi) is 2.04. The predicted molar refractivity (Wildman–Crippen MR) is 53.0 cm³/mol. The highest BCUT2D eigenvalue weighted by Crippen LogP contribution is 2.13. The highest BCUT2D eigenvalue weighted by molar-refractivity contribution is 5.45. The summed E-state index contributed by atoms with van der Waals surface area (Å²) in [6, 6.07) is 7.85. The molecule has 14 heavy (non-hydrogen) atoms. The van der Waals surface area contributed by atoms with Crippen LogP contribution in [0.5, 0.6) is 0 Å². The molecule has 0 N–H and O–H groups in total. The lowest BCUT2D eigenvalue weighted by atomic mass is 10.1. The smallest absolute Gasteiger partial charge is 0.0994 e. The van der Waals surface area contributed by atoms with Gasteiger partial charge in [0.1, 0.15) is 0 Å². The van der Waals surface area contributed by atoms with E-state index in [4.69, 9.17) is 5.26 Å². The predicted octanol–water partition coefficient (Wildman–Crippen LogP) is 2.05. The minimum atomic E-state index is 0.717. The third-order valence-electron chi connectivity index (χ3n) is 2.13. The summed E-state index contributed by atoms with van der Waals surface area (Å²) in [5.41, 5.74) is 2.73. The van der Waals surface area contributed by atoms with E-state index in [0.717, 1.165) is 11.3 Å². The standard InChI is InChI=1S/C11H9N3/c1-9-6-11(3-2-10(9)7-12)14-5-4-13-8-14/h2-6,8H,1H3. The molecule has 1 aromatic carbocycles. The van der Waals surface area contributed by atoms with Crippen molar-refractivity contribution in [3.05, 3.63) is 48.0 Å². The summed E-state index contributed by atoms with van der Waals surface area (Å²) in [6.45, 7) is 1.93. The molecule has 0 saturated carbocycles. The van der Waals surface area contributed by atoms with Crippen LogP contribution in [0, 0.1) is 18.3 Å². The summed E-state index contributed by atoms with van der Waals surface area (Å²) in [5, 5.41) is 8.77. The lowest BCUT2D eigenvalue weighted by molar-refractivity contribution is 1.05. The van der Waals surface area contributed by atoms with Crippen LogP contribution in [-0.4, -0.2) is 9.55 Å². The number of imidazole rings is 1. The van der Waals surface area contributed by atoms with Gasteiger partial charge < -0.3 is 4.57 Å². The van der Waals surface area contributed by atoms with E-state index in [1.54, 1.807) is 12.5 Å². The van der Waals surface area contributed by atoms with Crippen molar-refractivity contribution in [2.75, 3.05) is 0 Å². The molecule has 0 amide bonds. The van der Waals surface area contributed by atoms with Crippen LogP contribution in [-0.2, 0) is 0 Å². The van der Waals surface area contributed by atoms with Crippen molar-refractivity contribution in [1.82, 2.24) is 9.55 Å². The second-order valence-corrected chi connectivity index (χ2v) is 3.08. The molecule has 0 saturated heterocycles. The molecule has 0 atom stereocenters. The molecule has 0 unspecified atom stereocenters. The fourth-order valence-electron chi connectivity index (χ4n) is 1.35. The molecular formula is C11H9N3. The van der Waals surface area contributed by atoms with E-state index in [1.165, 1.54) is 0 Å². The molecule has 0 bridgehead atoms. The fraction of sp³-hybridized carbons (Fsp3) is 0.0909. The highest BCUT2D eigenvalue weighted by atomic mass is 15.0. The Morgan fingerprint density at radius 3 is 2.86 bits per heavy atom. The number of aromatic nitrogens is 2. The van der Waals surface area contributed by atoms with Crippen LogP contribution < -0.4 is 0 Å². The lowest BCUT2D eigenvalue weighted by Gasteiger charge is -2.03. The zero-order chi connectivity index (χ0) is 9.97. The second kappa shape index (κ2) is 3.35. The Bertz CT molecular complexity index is 478. The van der Waals surface area contributed by atoms with Crippen molar-refractivity contribution in [3.63, 3.8) is 0 Å². The van der Waals surface area contributed by atoms with Gasteiger partial charge in [0, 0.05) is 18.1 Å². The van der Waals surface area contributed by atoms with Crippen LogP contribution in [0.15, 0.2) is 36.9 Å². The van der Waals surface area contributed by atoms with Gasteiger partial charge in [0.25, 0.3) is 0 Å². The van der Waals surface area contributed by atoms with Crippen LogP contribution in [0.2, 0.25) is 0 Å². The lowest BCUT2D eigenvalue weighted by Crippen LogP contribution is -1.92. The van der Waals surface area contributed by atoms with Crippen LogP contribution in [0.25, 0.3) is 5.69 Å². The topological polar surface area (TPSA) is 41.6 Å². The van der Waals surface area contributed by atoms with Crippen molar-refractivity contribution in [1.29, 1.82) is 5.26 Å². The van der Waals surface area contributed by atoms with Gasteiger partial charge in [-0.15, -0.1) is 0 Å². The van der Waals surface area contributed by atoms with E-state index in [0.29, 0.717) is 5.56 Å². The first-order valence-corrected chi connectivity index (χ1v) is 4.30. The monoisotopic (exact) mass is 183 g/mol. The van der Waals surface area contributed by atoms with Crippen LogP contribution >= 0.6 is 0 Å². The van der Waals surface area contributed by atoms with E-state index in [2.05, 4.69) is 11.1 Å². The number of nitrogens with zero attached hydrogens (tertiary/aromatic N) is 3. The maximum Gasteiger partial charge on any atom is 0.0994 e. The average molecular weight is 183 g/mol. The molecule has 3 nitrogen and oxygen atoms in total. The molecule has 0 radical (unpaired) electrons. The Morgan fingerprint density at radius 1 is 1.43 bits per heavy atom. The summed E-state index contributed by atoms with van der Waals surface area (Å²) in [6.07, 6.45) is 5.34. The first kappa shape index (κ1) is 8.52. The molecular weight excluding hydrogens is 174 g/mol. The van der Waals surface area contributed by atoms with E-state index in [-0.39, 0.29) is 0 Å². The van der Waals surface area contributed by atoms with Gasteiger partial charge in [-0.2, -0.15) is 5.26 Å². The molecule has 0 fully saturated rings. The van der Waals surface area contributed by atoms with Crippen molar-refractivity contribution in [2.45, 2.75) is 6.92 Å². The quantitative estimate of drug-likeness (QED) is 0.679. The number of aryl methyl sites for hydroxylation is 1. The molecule has 0 aliphatic heterocycles. The Morgan fingerprint density at radius 2 is 2.29 bits per heavy atom. The molecule has 1 heterocycles. The molecule has 3 heteroatoms. The Labute approximate surface area is 82.2 Å². The van der Waals surface area contributed by atoms with E-state index >= 15 is 0 Å². The summed E-state index contributed by atoms with van der Waals surface area (Å²) >= 11 is 0. The van der Waals surface area contributed by atoms with E-state index in [1.807, 2.05) is 35.9 Å². The first-order chi connectivity index (χ1) is 6.81.